The molecule has 4 heterocycles. The number of ether oxygens (including phenoxy) is 1. The van der Waals surface area contributed by atoms with Gasteiger partial charge in [-0.2, -0.15) is 0 Å². The van der Waals surface area contributed by atoms with Gasteiger partial charge in [-0.1, -0.05) is 19.9 Å². The van der Waals surface area contributed by atoms with Gasteiger partial charge in [-0.3, -0.25) is 0 Å². The van der Waals surface area contributed by atoms with E-state index in [4.69, 9.17) is 4.74 Å². The van der Waals surface area contributed by atoms with Gasteiger partial charge in [0.25, 0.3) is 0 Å². The number of benzene rings is 1. The molecule has 0 unspecified atom stereocenters. The van der Waals surface area contributed by atoms with E-state index in [1.807, 2.05) is 18.3 Å². The van der Waals surface area contributed by atoms with Crippen LogP contribution in [0.15, 0.2) is 53.8 Å². The van der Waals surface area contributed by atoms with E-state index in [2.05, 4.69) is 50.7 Å². The van der Waals surface area contributed by atoms with Crippen molar-refractivity contribution < 1.29 is 13.2 Å². The van der Waals surface area contributed by atoms with Crippen LogP contribution < -0.4 is 14.5 Å². The molecule has 2 aliphatic rings. The lowest BCUT2D eigenvalue weighted by atomic mass is 10.1. The van der Waals surface area contributed by atoms with Gasteiger partial charge in [0, 0.05) is 56.7 Å². The van der Waals surface area contributed by atoms with E-state index in [1.54, 1.807) is 12.1 Å². The van der Waals surface area contributed by atoms with Gasteiger partial charge in [0.2, 0.25) is 5.88 Å². The Bertz CT molecular complexity index is 1300. The van der Waals surface area contributed by atoms with Crippen LogP contribution >= 0.6 is 0 Å². The monoisotopic (exact) mass is 493 g/mol. The van der Waals surface area contributed by atoms with Crippen LogP contribution in [0, 0.1) is 0 Å². The largest absolute Gasteiger partial charge is 0.474 e. The minimum Gasteiger partial charge on any atom is -0.474 e. The lowest BCUT2D eigenvalue weighted by molar-refractivity contribution is 0.163. The highest BCUT2D eigenvalue weighted by molar-refractivity contribution is 7.90. The standard InChI is InChI=1S/C26H31N5O3S/c1-18(2)20-4-7-24(27-16-20)30-11-9-21(10-12-30)34-26-15-25(28-17-29-26)31-13-8-19-14-22(35(3,32)33)5-6-23(19)31/h4-7,14-18,21H,8-13H2,1-3H3. The van der Waals surface area contributed by atoms with Gasteiger partial charge >= 0.3 is 0 Å². The summed E-state index contributed by atoms with van der Waals surface area (Å²) in [6.07, 6.45) is 7.39. The summed E-state index contributed by atoms with van der Waals surface area (Å²) in [6, 6.07) is 11.4. The van der Waals surface area contributed by atoms with E-state index in [9.17, 15) is 8.42 Å². The first kappa shape index (κ1) is 23.5. The molecule has 3 aromatic rings. The zero-order valence-electron chi connectivity index (χ0n) is 20.4. The second-order valence-electron chi connectivity index (χ2n) is 9.59. The molecule has 1 aromatic carbocycles. The van der Waals surface area contributed by atoms with Gasteiger partial charge in [0.05, 0.1) is 4.90 Å². The minimum absolute atomic E-state index is 0.0899. The molecular weight excluding hydrogens is 462 g/mol. The third-order valence-corrected chi connectivity index (χ3v) is 7.88. The second-order valence-corrected chi connectivity index (χ2v) is 11.6. The Kier molecular flexibility index (Phi) is 6.35. The maximum atomic E-state index is 11.9. The number of sulfone groups is 1. The molecule has 0 spiro atoms. The molecule has 2 aliphatic heterocycles. The number of rotatable bonds is 6. The number of nitrogens with zero attached hydrogens (tertiary/aromatic N) is 5. The van der Waals surface area contributed by atoms with Gasteiger partial charge in [-0.05, 0) is 47.7 Å². The second kappa shape index (κ2) is 9.45. The van der Waals surface area contributed by atoms with Crippen LogP contribution in [0.1, 0.15) is 43.7 Å². The highest BCUT2D eigenvalue weighted by atomic mass is 32.2. The molecule has 35 heavy (non-hydrogen) atoms. The van der Waals surface area contributed by atoms with Crippen LogP contribution in [0.2, 0.25) is 0 Å². The topological polar surface area (TPSA) is 88.5 Å². The predicted molar refractivity (Wildman–Crippen MR) is 136 cm³/mol. The third kappa shape index (κ3) is 5.10. The first-order valence-corrected chi connectivity index (χ1v) is 14.0. The van der Waals surface area contributed by atoms with Crippen LogP contribution in [0.25, 0.3) is 0 Å². The van der Waals surface area contributed by atoms with Crippen LogP contribution in [-0.2, 0) is 16.3 Å². The summed E-state index contributed by atoms with van der Waals surface area (Å²) in [7, 11) is -3.23. The molecule has 2 aromatic heterocycles. The Labute approximate surface area is 206 Å². The van der Waals surface area contributed by atoms with E-state index in [-0.39, 0.29) is 6.10 Å². The van der Waals surface area contributed by atoms with Crippen molar-refractivity contribution in [2.45, 2.75) is 50.0 Å². The lowest BCUT2D eigenvalue weighted by Gasteiger charge is -2.32. The normalized spacial score (nSPS) is 16.6. The van der Waals surface area contributed by atoms with E-state index in [0.717, 1.165) is 61.8 Å². The van der Waals surface area contributed by atoms with Crippen LogP contribution in [-0.4, -0.2) is 55.4 Å². The Morgan fingerprint density at radius 1 is 0.971 bits per heavy atom. The van der Waals surface area contributed by atoms with Crippen molar-refractivity contribution in [3.63, 3.8) is 0 Å². The van der Waals surface area contributed by atoms with Gasteiger partial charge in [-0.25, -0.2) is 23.4 Å². The SMILES string of the molecule is CC(C)c1ccc(N2CCC(Oc3cc(N4CCc5cc(S(C)(=O)=O)ccc54)ncn3)CC2)nc1. The summed E-state index contributed by atoms with van der Waals surface area (Å²) in [5.41, 5.74) is 3.24. The quantitative estimate of drug-likeness (QED) is 0.506. The minimum atomic E-state index is -3.23. The third-order valence-electron chi connectivity index (χ3n) is 6.77. The molecule has 1 saturated heterocycles. The highest BCUT2D eigenvalue weighted by Gasteiger charge is 2.25. The molecule has 1 fully saturated rings. The molecule has 8 nitrogen and oxygen atoms in total. The number of anilines is 3. The van der Waals surface area contributed by atoms with Crippen LogP contribution in [0.5, 0.6) is 5.88 Å². The van der Waals surface area contributed by atoms with E-state index in [0.29, 0.717) is 16.7 Å². The van der Waals surface area contributed by atoms with Crippen molar-refractivity contribution in [2.75, 3.05) is 35.7 Å². The Hall–Kier alpha value is -3.20. The summed E-state index contributed by atoms with van der Waals surface area (Å²) in [4.78, 5) is 18.2. The molecule has 184 valence electrons. The summed E-state index contributed by atoms with van der Waals surface area (Å²) in [5, 5.41) is 0. The van der Waals surface area contributed by atoms with Crippen molar-refractivity contribution >= 4 is 27.2 Å². The fourth-order valence-corrected chi connectivity index (χ4v) is 5.36. The van der Waals surface area contributed by atoms with E-state index in [1.165, 1.54) is 18.1 Å². The molecule has 0 bridgehead atoms. The average molecular weight is 494 g/mol. The van der Waals surface area contributed by atoms with Crippen LogP contribution in [0.4, 0.5) is 17.3 Å². The summed E-state index contributed by atoms with van der Waals surface area (Å²) in [6.45, 7) is 6.86. The fraction of sp³-hybridized carbons (Fsp3) is 0.423. The first-order chi connectivity index (χ1) is 16.8. The maximum Gasteiger partial charge on any atom is 0.218 e. The van der Waals surface area contributed by atoms with Crippen molar-refractivity contribution in [3.05, 3.63) is 60.0 Å². The number of piperidine rings is 1. The van der Waals surface area contributed by atoms with Gasteiger partial charge in [0.1, 0.15) is 24.1 Å². The van der Waals surface area contributed by atoms with Gasteiger partial charge < -0.3 is 14.5 Å². The number of aromatic nitrogens is 3. The fourth-order valence-electron chi connectivity index (χ4n) is 4.69. The molecule has 0 N–H and O–H groups in total. The van der Waals surface area contributed by atoms with Crippen molar-refractivity contribution in [1.82, 2.24) is 15.0 Å². The van der Waals surface area contributed by atoms with E-state index < -0.39 is 9.84 Å². The van der Waals surface area contributed by atoms with Crippen molar-refractivity contribution in [1.29, 1.82) is 0 Å². The smallest absolute Gasteiger partial charge is 0.218 e. The molecule has 9 heteroatoms. The summed E-state index contributed by atoms with van der Waals surface area (Å²) >= 11 is 0. The molecule has 0 saturated carbocycles. The van der Waals surface area contributed by atoms with Gasteiger partial charge in [0.15, 0.2) is 9.84 Å². The predicted octanol–water partition coefficient (Wildman–Crippen LogP) is 4.14. The highest BCUT2D eigenvalue weighted by Crippen LogP contribution is 2.35. The average Bonchev–Trinajstić information content (AvgIpc) is 3.28. The Morgan fingerprint density at radius 3 is 2.46 bits per heavy atom. The molecular formula is C26H31N5O3S. The zero-order chi connectivity index (χ0) is 24.6. The summed E-state index contributed by atoms with van der Waals surface area (Å²) in [5.74, 6) is 2.82. The molecule has 0 aliphatic carbocycles. The molecule has 0 amide bonds. The Morgan fingerprint density at radius 2 is 1.77 bits per heavy atom. The van der Waals surface area contributed by atoms with E-state index >= 15 is 0 Å². The number of pyridine rings is 1. The van der Waals surface area contributed by atoms with Crippen LogP contribution in [0.3, 0.4) is 0 Å². The number of fused-ring (bicyclic) bond motifs is 1. The summed E-state index contributed by atoms with van der Waals surface area (Å²) < 4.78 is 30.0. The number of hydrogen-bond donors (Lipinski definition) is 0. The first-order valence-electron chi connectivity index (χ1n) is 12.1. The molecule has 0 atom stereocenters. The molecule has 5 rings (SSSR count). The maximum absolute atomic E-state index is 11.9. The lowest BCUT2D eigenvalue weighted by Crippen LogP contribution is -2.38. The van der Waals surface area contributed by atoms with Crippen molar-refractivity contribution in [2.24, 2.45) is 0 Å². The Balaban J connectivity index is 1.23. The molecule has 0 radical (unpaired) electrons. The van der Waals surface area contributed by atoms with Crippen molar-refractivity contribution in [3.8, 4) is 5.88 Å². The number of hydrogen-bond acceptors (Lipinski definition) is 8. The van der Waals surface area contributed by atoms with Gasteiger partial charge in [-0.15, -0.1) is 0 Å². The zero-order valence-corrected chi connectivity index (χ0v) is 21.2.